The molecular formula is C15H30N2O. The number of nitrogens with two attached hydrogens (primary N) is 1. The normalized spacial score (nSPS) is 24.9. The molecule has 0 bridgehead atoms. The van der Waals surface area contributed by atoms with Crippen molar-refractivity contribution >= 4 is 5.91 Å². The number of carbonyl (C=O) groups excluding carboxylic acids is 1. The van der Waals surface area contributed by atoms with Crippen LogP contribution in [0.25, 0.3) is 0 Å². The Balaban J connectivity index is 2.45. The second kappa shape index (κ2) is 7.13. The highest BCUT2D eigenvalue weighted by atomic mass is 16.1. The van der Waals surface area contributed by atoms with Gasteiger partial charge in [-0.25, -0.2) is 0 Å². The van der Waals surface area contributed by atoms with Gasteiger partial charge in [-0.15, -0.1) is 0 Å². The van der Waals surface area contributed by atoms with Gasteiger partial charge in [0.05, 0.1) is 5.54 Å². The molecule has 1 amide bonds. The second-order valence-corrected chi connectivity index (χ2v) is 6.08. The summed E-state index contributed by atoms with van der Waals surface area (Å²) in [6.45, 7) is 7.03. The highest BCUT2D eigenvalue weighted by Crippen LogP contribution is 2.30. The van der Waals surface area contributed by atoms with Crippen molar-refractivity contribution in [1.29, 1.82) is 0 Å². The van der Waals surface area contributed by atoms with E-state index in [-0.39, 0.29) is 11.4 Å². The summed E-state index contributed by atoms with van der Waals surface area (Å²) in [4.78, 5) is 12.1. The standard InChI is InChI=1S/C15H30N2O/c1-4-15(5-2,11-16)17-14(18)10-13-8-6-7-12(3)9-13/h12-13H,4-11,16H2,1-3H3,(H,17,18). The van der Waals surface area contributed by atoms with Gasteiger partial charge in [-0.3, -0.25) is 4.79 Å². The fraction of sp³-hybridized carbons (Fsp3) is 0.933. The largest absolute Gasteiger partial charge is 0.349 e. The molecule has 1 saturated carbocycles. The van der Waals surface area contributed by atoms with Crippen LogP contribution in [-0.4, -0.2) is 18.0 Å². The molecule has 0 aliphatic heterocycles. The van der Waals surface area contributed by atoms with Crippen LogP contribution in [0.3, 0.4) is 0 Å². The number of nitrogens with one attached hydrogen (secondary N) is 1. The van der Waals surface area contributed by atoms with E-state index in [0.29, 0.717) is 18.9 Å². The van der Waals surface area contributed by atoms with E-state index in [4.69, 9.17) is 5.73 Å². The molecule has 3 N–H and O–H groups in total. The van der Waals surface area contributed by atoms with E-state index >= 15 is 0 Å². The summed E-state index contributed by atoms with van der Waals surface area (Å²) in [5.74, 6) is 1.56. The predicted octanol–water partition coefficient (Wildman–Crippen LogP) is 2.84. The summed E-state index contributed by atoms with van der Waals surface area (Å²) in [6.07, 6.45) is 7.54. The second-order valence-electron chi connectivity index (χ2n) is 6.08. The zero-order valence-electron chi connectivity index (χ0n) is 12.3. The lowest BCUT2D eigenvalue weighted by Crippen LogP contribution is -2.53. The molecule has 0 aromatic heterocycles. The summed E-state index contributed by atoms with van der Waals surface area (Å²) in [5.41, 5.74) is 5.63. The van der Waals surface area contributed by atoms with Crippen LogP contribution in [0.15, 0.2) is 0 Å². The van der Waals surface area contributed by atoms with Gasteiger partial charge in [-0.2, -0.15) is 0 Å². The van der Waals surface area contributed by atoms with E-state index in [1.165, 1.54) is 25.7 Å². The molecule has 1 rings (SSSR count). The molecule has 1 fully saturated rings. The summed E-state index contributed by atoms with van der Waals surface area (Å²) < 4.78 is 0. The fourth-order valence-electron chi connectivity index (χ4n) is 3.12. The summed E-state index contributed by atoms with van der Waals surface area (Å²) in [7, 11) is 0. The predicted molar refractivity (Wildman–Crippen MR) is 76.2 cm³/mol. The Kier molecular flexibility index (Phi) is 6.13. The van der Waals surface area contributed by atoms with Crippen molar-refractivity contribution in [3.63, 3.8) is 0 Å². The third kappa shape index (κ3) is 4.27. The number of hydrogen-bond acceptors (Lipinski definition) is 2. The van der Waals surface area contributed by atoms with Gasteiger partial charge in [0.25, 0.3) is 0 Å². The first-order chi connectivity index (χ1) is 8.55. The molecule has 1 aliphatic rings. The molecule has 0 spiro atoms. The maximum absolute atomic E-state index is 12.1. The van der Waals surface area contributed by atoms with Gasteiger partial charge in [-0.1, -0.05) is 33.6 Å². The first-order valence-electron chi connectivity index (χ1n) is 7.56. The molecule has 1 aliphatic carbocycles. The molecule has 0 aromatic carbocycles. The lowest BCUT2D eigenvalue weighted by atomic mass is 9.80. The van der Waals surface area contributed by atoms with Gasteiger partial charge >= 0.3 is 0 Å². The fourth-order valence-corrected chi connectivity index (χ4v) is 3.12. The molecule has 0 heterocycles. The first kappa shape index (κ1) is 15.5. The molecule has 2 atom stereocenters. The quantitative estimate of drug-likeness (QED) is 0.766. The third-order valence-corrected chi connectivity index (χ3v) is 4.67. The van der Waals surface area contributed by atoms with Crippen molar-refractivity contribution in [2.24, 2.45) is 17.6 Å². The van der Waals surface area contributed by atoms with Crippen LogP contribution in [0.1, 0.15) is 65.7 Å². The third-order valence-electron chi connectivity index (χ3n) is 4.67. The van der Waals surface area contributed by atoms with Crippen LogP contribution in [0.2, 0.25) is 0 Å². The average molecular weight is 254 g/mol. The van der Waals surface area contributed by atoms with Crippen molar-refractivity contribution < 1.29 is 4.79 Å². The van der Waals surface area contributed by atoms with E-state index in [9.17, 15) is 4.79 Å². The maximum Gasteiger partial charge on any atom is 0.220 e. The summed E-state index contributed by atoms with van der Waals surface area (Å²) in [5, 5.41) is 3.18. The van der Waals surface area contributed by atoms with Gasteiger partial charge in [0, 0.05) is 13.0 Å². The Morgan fingerprint density at radius 2 is 2.00 bits per heavy atom. The van der Waals surface area contributed by atoms with Crippen LogP contribution < -0.4 is 11.1 Å². The number of amides is 1. The van der Waals surface area contributed by atoms with Crippen molar-refractivity contribution in [2.45, 2.75) is 71.3 Å². The minimum Gasteiger partial charge on any atom is -0.349 e. The SMILES string of the molecule is CCC(CC)(CN)NC(=O)CC1CCCC(C)C1. The monoisotopic (exact) mass is 254 g/mol. The maximum atomic E-state index is 12.1. The highest BCUT2D eigenvalue weighted by Gasteiger charge is 2.28. The molecular weight excluding hydrogens is 224 g/mol. The smallest absolute Gasteiger partial charge is 0.220 e. The van der Waals surface area contributed by atoms with Gasteiger partial charge in [0.15, 0.2) is 0 Å². The van der Waals surface area contributed by atoms with Crippen molar-refractivity contribution in [3.8, 4) is 0 Å². The van der Waals surface area contributed by atoms with Crippen LogP contribution >= 0.6 is 0 Å². The Morgan fingerprint density at radius 3 is 2.50 bits per heavy atom. The zero-order chi connectivity index (χ0) is 13.6. The molecule has 0 radical (unpaired) electrons. The lowest BCUT2D eigenvalue weighted by Gasteiger charge is -2.33. The molecule has 2 unspecified atom stereocenters. The number of rotatable bonds is 6. The van der Waals surface area contributed by atoms with Crippen molar-refractivity contribution in [1.82, 2.24) is 5.32 Å². The van der Waals surface area contributed by atoms with Crippen molar-refractivity contribution in [3.05, 3.63) is 0 Å². The number of carbonyl (C=O) groups is 1. The highest BCUT2D eigenvalue weighted by molar-refractivity contribution is 5.77. The average Bonchev–Trinajstić information content (AvgIpc) is 2.36. The lowest BCUT2D eigenvalue weighted by molar-refractivity contribution is -0.124. The minimum absolute atomic E-state index is 0.183. The van der Waals surface area contributed by atoms with E-state index in [2.05, 4.69) is 26.1 Å². The van der Waals surface area contributed by atoms with Gasteiger partial charge in [0.2, 0.25) is 5.91 Å². The Hall–Kier alpha value is -0.570. The summed E-state index contributed by atoms with van der Waals surface area (Å²) >= 11 is 0. The van der Waals surface area contributed by atoms with E-state index in [1.807, 2.05) is 0 Å². The zero-order valence-corrected chi connectivity index (χ0v) is 12.3. The van der Waals surface area contributed by atoms with Gasteiger partial charge < -0.3 is 11.1 Å². The molecule has 18 heavy (non-hydrogen) atoms. The number of hydrogen-bond donors (Lipinski definition) is 2. The Morgan fingerprint density at radius 1 is 1.33 bits per heavy atom. The topological polar surface area (TPSA) is 55.1 Å². The van der Waals surface area contributed by atoms with Crippen LogP contribution in [0.4, 0.5) is 0 Å². The van der Waals surface area contributed by atoms with Crippen LogP contribution in [0.5, 0.6) is 0 Å². The van der Waals surface area contributed by atoms with Gasteiger partial charge in [0.1, 0.15) is 0 Å². The van der Waals surface area contributed by atoms with E-state index in [0.717, 1.165) is 18.8 Å². The Labute approximate surface area is 112 Å². The van der Waals surface area contributed by atoms with Crippen LogP contribution in [0, 0.1) is 11.8 Å². The van der Waals surface area contributed by atoms with Crippen LogP contribution in [-0.2, 0) is 4.79 Å². The van der Waals surface area contributed by atoms with E-state index in [1.54, 1.807) is 0 Å². The molecule has 3 nitrogen and oxygen atoms in total. The van der Waals surface area contributed by atoms with Crippen molar-refractivity contribution in [2.75, 3.05) is 6.54 Å². The molecule has 0 saturated heterocycles. The first-order valence-corrected chi connectivity index (χ1v) is 7.56. The van der Waals surface area contributed by atoms with Gasteiger partial charge in [-0.05, 0) is 37.5 Å². The summed E-state index contributed by atoms with van der Waals surface area (Å²) in [6, 6.07) is 0. The molecule has 3 heteroatoms. The molecule has 0 aromatic rings. The Bertz CT molecular complexity index is 253. The van der Waals surface area contributed by atoms with E-state index < -0.39 is 0 Å². The minimum atomic E-state index is -0.183. The molecule has 106 valence electrons.